The van der Waals surface area contributed by atoms with Crippen molar-refractivity contribution < 1.29 is 4.52 Å². The molecule has 0 amide bonds. The van der Waals surface area contributed by atoms with Crippen LogP contribution >= 0.6 is 11.6 Å². The molecule has 1 aromatic carbocycles. The molecule has 1 saturated heterocycles. The van der Waals surface area contributed by atoms with Crippen LogP contribution in [-0.2, 0) is 6.54 Å². The molecule has 0 atom stereocenters. The SMILES string of the molecule is NCc1nc(-c2ccc(N3CCCCC3)c(Cl)c2)no1. The number of halogens is 1. The predicted octanol–water partition coefficient (Wildman–Crippen LogP) is 2.84. The summed E-state index contributed by atoms with van der Waals surface area (Å²) >= 11 is 6.40. The van der Waals surface area contributed by atoms with E-state index in [1.165, 1.54) is 19.3 Å². The van der Waals surface area contributed by atoms with Crippen molar-refractivity contribution >= 4 is 17.3 Å². The molecule has 106 valence electrons. The van der Waals surface area contributed by atoms with E-state index in [0.29, 0.717) is 11.7 Å². The molecular weight excluding hydrogens is 276 g/mol. The maximum atomic E-state index is 6.40. The van der Waals surface area contributed by atoms with E-state index in [4.69, 9.17) is 21.9 Å². The van der Waals surface area contributed by atoms with E-state index in [2.05, 4.69) is 15.0 Å². The third kappa shape index (κ3) is 2.64. The predicted molar refractivity (Wildman–Crippen MR) is 78.7 cm³/mol. The minimum atomic E-state index is 0.243. The molecule has 0 bridgehead atoms. The van der Waals surface area contributed by atoms with Crippen molar-refractivity contribution in [3.8, 4) is 11.4 Å². The molecule has 3 rings (SSSR count). The molecule has 1 aromatic heterocycles. The third-order valence-electron chi connectivity index (χ3n) is 3.55. The Morgan fingerprint density at radius 3 is 2.70 bits per heavy atom. The normalized spacial score (nSPS) is 15.6. The lowest BCUT2D eigenvalue weighted by Crippen LogP contribution is -2.29. The van der Waals surface area contributed by atoms with E-state index < -0.39 is 0 Å². The number of hydrogen-bond acceptors (Lipinski definition) is 5. The highest BCUT2D eigenvalue weighted by Gasteiger charge is 2.15. The summed E-state index contributed by atoms with van der Waals surface area (Å²) in [6, 6.07) is 5.89. The second-order valence-electron chi connectivity index (χ2n) is 4.93. The number of hydrogen-bond donors (Lipinski definition) is 1. The van der Waals surface area contributed by atoms with Gasteiger partial charge in [-0.2, -0.15) is 4.98 Å². The summed E-state index contributed by atoms with van der Waals surface area (Å²) in [5.41, 5.74) is 7.39. The Morgan fingerprint density at radius 1 is 1.25 bits per heavy atom. The molecule has 20 heavy (non-hydrogen) atoms. The van der Waals surface area contributed by atoms with Gasteiger partial charge >= 0.3 is 0 Å². The summed E-state index contributed by atoms with van der Waals surface area (Å²) < 4.78 is 5.02. The van der Waals surface area contributed by atoms with E-state index in [1.807, 2.05) is 18.2 Å². The first-order valence-corrected chi connectivity index (χ1v) is 7.23. The van der Waals surface area contributed by atoms with E-state index in [-0.39, 0.29) is 6.54 Å². The summed E-state index contributed by atoms with van der Waals surface area (Å²) in [4.78, 5) is 6.54. The Kier molecular flexibility index (Phi) is 3.89. The average Bonchev–Trinajstić information content (AvgIpc) is 2.97. The molecular formula is C14H17ClN4O. The van der Waals surface area contributed by atoms with E-state index in [1.54, 1.807) is 0 Å². The maximum absolute atomic E-state index is 6.40. The third-order valence-corrected chi connectivity index (χ3v) is 3.85. The molecule has 1 fully saturated rings. The minimum absolute atomic E-state index is 0.243. The Bertz CT molecular complexity index is 593. The van der Waals surface area contributed by atoms with Crippen LogP contribution in [0.1, 0.15) is 25.2 Å². The zero-order valence-electron chi connectivity index (χ0n) is 11.2. The lowest BCUT2D eigenvalue weighted by Gasteiger charge is -2.29. The van der Waals surface area contributed by atoms with Crippen molar-refractivity contribution in [1.82, 2.24) is 10.1 Å². The van der Waals surface area contributed by atoms with Crippen molar-refractivity contribution in [1.29, 1.82) is 0 Å². The first-order chi connectivity index (χ1) is 9.78. The summed E-state index contributed by atoms with van der Waals surface area (Å²) in [6.45, 7) is 2.38. The van der Waals surface area contributed by atoms with Crippen LogP contribution in [0.25, 0.3) is 11.4 Å². The number of rotatable bonds is 3. The van der Waals surface area contributed by atoms with Gasteiger partial charge in [0.05, 0.1) is 17.3 Å². The molecule has 0 spiro atoms. The van der Waals surface area contributed by atoms with Crippen LogP contribution in [0.3, 0.4) is 0 Å². The van der Waals surface area contributed by atoms with Gasteiger partial charge < -0.3 is 15.2 Å². The largest absolute Gasteiger partial charge is 0.370 e. The number of nitrogens with zero attached hydrogens (tertiary/aromatic N) is 3. The van der Waals surface area contributed by atoms with Crippen molar-refractivity contribution in [2.45, 2.75) is 25.8 Å². The number of aromatic nitrogens is 2. The molecule has 6 heteroatoms. The number of nitrogens with two attached hydrogens (primary N) is 1. The molecule has 0 radical (unpaired) electrons. The van der Waals surface area contributed by atoms with Gasteiger partial charge in [-0.1, -0.05) is 16.8 Å². The lowest BCUT2D eigenvalue weighted by atomic mass is 10.1. The monoisotopic (exact) mass is 292 g/mol. The van der Waals surface area contributed by atoms with Crippen LogP contribution in [0, 0.1) is 0 Å². The molecule has 2 N–H and O–H groups in total. The summed E-state index contributed by atoms with van der Waals surface area (Å²) in [5.74, 6) is 0.953. The Morgan fingerprint density at radius 2 is 2.05 bits per heavy atom. The highest BCUT2D eigenvalue weighted by molar-refractivity contribution is 6.33. The van der Waals surface area contributed by atoms with Crippen LogP contribution < -0.4 is 10.6 Å². The van der Waals surface area contributed by atoms with Crippen molar-refractivity contribution in [2.75, 3.05) is 18.0 Å². The standard InChI is InChI=1S/C14H17ClN4O/c15-11-8-10(14-17-13(9-16)20-18-14)4-5-12(11)19-6-2-1-3-7-19/h4-5,8H,1-3,6-7,9,16H2. The van der Waals surface area contributed by atoms with E-state index in [9.17, 15) is 0 Å². The second-order valence-corrected chi connectivity index (χ2v) is 5.34. The fourth-order valence-corrected chi connectivity index (χ4v) is 2.79. The molecule has 5 nitrogen and oxygen atoms in total. The average molecular weight is 293 g/mol. The molecule has 0 saturated carbocycles. The number of benzene rings is 1. The fourth-order valence-electron chi connectivity index (χ4n) is 2.49. The van der Waals surface area contributed by atoms with Crippen LogP contribution in [0.15, 0.2) is 22.7 Å². The smallest absolute Gasteiger partial charge is 0.240 e. The molecule has 0 aliphatic carbocycles. The summed E-state index contributed by atoms with van der Waals surface area (Å²) in [6.07, 6.45) is 3.75. The molecule has 0 unspecified atom stereocenters. The quantitative estimate of drug-likeness (QED) is 0.942. The first-order valence-electron chi connectivity index (χ1n) is 6.85. The van der Waals surface area contributed by atoms with Crippen LogP contribution in [0.5, 0.6) is 0 Å². The van der Waals surface area contributed by atoms with Gasteiger partial charge in [-0.05, 0) is 37.5 Å². The maximum Gasteiger partial charge on any atom is 0.240 e. The van der Waals surface area contributed by atoms with Gasteiger partial charge in [-0.15, -0.1) is 0 Å². The van der Waals surface area contributed by atoms with E-state index >= 15 is 0 Å². The summed E-state index contributed by atoms with van der Waals surface area (Å²) in [5, 5.41) is 4.63. The van der Waals surface area contributed by atoms with Gasteiger partial charge in [0.15, 0.2) is 0 Å². The summed E-state index contributed by atoms with van der Waals surface area (Å²) in [7, 11) is 0. The molecule has 2 aromatic rings. The van der Waals surface area contributed by atoms with Gasteiger partial charge in [0.2, 0.25) is 11.7 Å². The van der Waals surface area contributed by atoms with Crippen molar-refractivity contribution in [2.24, 2.45) is 5.73 Å². The minimum Gasteiger partial charge on any atom is -0.370 e. The van der Waals surface area contributed by atoms with Crippen molar-refractivity contribution in [3.63, 3.8) is 0 Å². The van der Waals surface area contributed by atoms with Gasteiger partial charge in [0.1, 0.15) is 0 Å². The lowest BCUT2D eigenvalue weighted by molar-refractivity contribution is 0.380. The first kappa shape index (κ1) is 13.4. The topological polar surface area (TPSA) is 68.2 Å². The Hall–Kier alpha value is -1.59. The highest BCUT2D eigenvalue weighted by Crippen LogP contribution is 2.31. The Balaban J connectivity index is 1.86. The zero-order chi connectivity index (χ0) is 13.9. The highest BCUT2D eigenvalue weighted by atomic mass is 35.5. The Labute approximate surface area is 122 Å². The van der Waals surface area contributed by atoms with Crippen molar-refractivity contribution in [3.05, 3.63) is 29.1 Å². The van der Waals surface area contributed by atoms with Crippen LogP contribution in [-0.4, -0.2) is 23.2 Å². The van der Waals surface area contributed by atoms with E-state index in [0.717, 1.165) is 29.4 Å². The fraction of sp³-hybridized carbons (Fsp3) is 0.429. The van der Waals surface area contributed by atoms with Gasteiger partial charge in [-0.25, -0.2) is 0 Å². The van der Waals surface area contributed by atoms with Gasteiger partial charge in [0.25, 0.3) is 0 Å². The van der Waals surface area contributed by atoms with Gasteiger partial charge in [0, 0.05) is 18.7 Å². The zero-order valence-corrected chi connectivity index (χ0v) is 11.9. The van der Waals surface area contributed by atoms with Crippen LogP contribution in [0.2, 0.25) is 5.02 Å². The molecule has 2 heterocycles. The molecule has 1 aliphatic rings. The van der Waals surface area contributed by atoms with Gasteiger partial charge in [-0.3, -0.25) is 0 Å². The molecule has 1 aliphatic heterocycles. The number of piperidine rings is 1. The second kappa shape index (κ2) is 5.81. The van der Waals surface area contributed by atoms with Crippen LogP contribution in [0.4, 0.5) is 5.69 Å². The number of anilines is 1.